The molecule has 132 valence electrons. The van der Waals surface area contributed by atoms with Crippen LogP contribution in [0.25, 0.3) is 0 Å². The highest BCUT2D eigenvalue weighted by Crippen LogP contribution is 2.43. The monoisotopic (exact) mass is 406 g/mol. The van der Waals surface area contributed by atoms with Gasteiger partial charge in [-0.05, 0) is 34.1 Å². The SMILES string of the molecule is COCOc1cc(OCOC)c(Br)c(O[Si](C)(C)C(C)(C)C)c1. The van der Waals surface area contributed by atoms with Gasteiger partial charge in [0.1, 0.15) is 21.7 Å². The Morgan fingerprint density at radius 3 is 2.00 bits per heavy atom. The Labute approximate surface area is 148 Å². The molecule has 0 spiro atoms. The maximum atomic E-state index is 6.39. The highest BCUT2D eigenvalue weighted by Gasteiger charge is 2.39. The lowest BCUT2D eigenvalue weighted by molar-refractivity contribution is 0.0455. The van der Waals surface area contributed by atoms with Crippen molar-refractivity contribution in [2.45, 2.75) is 38.9 Å². The quantitative estimate of drug-likeness (QED) is 0.458. The van der Waals surface area contributed by atoms with Crippen LogP contribution >= 0.6 is 15.9 Å². The van der Waals surface area contributed by atoms with E-state index in [1.54, 1.807) is 20.3 Å². The van der Waals surface area contributed by atoms with Crippen LogP contribution in [0.5, 0.6) is 17.2 Å². The number of rotatable bonds is 8. The molecular weight excluding hydrogens is 380 g/mol. The first-order chi connectivity index (χ1) is 10.6. The van der Waals surface area contributed by atoms with Gasteiger partial charge in [0.25, 0.3) is 8.32 Å². The molecular formula is C16H27BrO5Si. The Morgan fingerprint density at radius 1 is 0.957 bits per heavy atom. The Bertz CT molecular complexity index is 514. The summed E-state index contributed by atoms with van der Waals surface area (Å²) in [5, 5.41) is 0.0867. The molecule has 5 nitrogen and oxygen atoms in total. The Hall–Kier alpha value is -0.763. The largest absolute Gasteiger partial charge is 0.543 e. The fourth-order valence-electron chi connectivity index (χ4n) is 1.49. The van der Waals surface area contributed by atoms with Crippen LogP contribution in [0.1, 0.15) is 20.8 Å². The van der Waals surface area contributed by atoms with E-state index in [1.807, 2.05) is 6.07 Å². The van der Waals surface area contributed by atoms with Crippen molar-refractivity contribution in [2.75, 3.05) is 27.8 Å². The molecule has 0 N–H and O–H groups in total. The highest BCUT2D eigenvalue weighted by atomic mass is 79.9. The van der Waals surface area contributed by atoms with Crippen molar-refractivity contribution in [1.29, 1.82) is 0 Å². The summed E-state index contributed by atoms with van der Waals surface area (Å²) in [5.41, 5.74) is 0. The molecule has 23 heavy (non-hydrogen) atoms. The predicted molar refractivity (Wildman–Crippen MR) is 97.0 cm³/mol. The average molecular weight is 407 g/mol. The average Bonchev–Trinajstić information content (AvgIpc) is 2.45. The molecule has 0 saturated carbocycles. The molecule has 1 aromatic rings. The van der Waals surface area contributed by atoms with Gasteiger partial charge in [0.05, 0.1) is 0 Å². The normalized spacial score (nSPS) is 12.2. The van der Waals surface area contributed by atoms with Crippen LogP contribution < -0.4 is 13.9 Å². The number of hydrogen-bond donors (Lipinski definition) is 0. The van der Waals surface area contributed by atoms with Crippen molar-refractivity contribution in [3.8, 4) is 17.2 Å². The van der Waals surface area contributed by atoms with Gasteiger partial charge in [-0.3, -0.25) is 0 Å². The third kappa shape index (κ3) is 5.67. The number of halogens is 1. The van der Waals surface area contributed by atoms with Crippen LogP contribution in [0, 0.1) is 0 Å². The molecule has 0 aliphatic carbocycles. The maximum absolute atomic E-state index is 6.39. The maximum Gasteiger partial charge on any atom is 0.250 e. The van der Waals surface area contributed by atoms with Crippen molar-refractivity contribution in [3.05, 3.63) is 16.6 Å². The van der Waals surface area contributed by atoms with Crippen molar-refractivity contribution >= 4 is 24.2 Å². The van der Waals surface area contributed by atoms with Crippen LogP contribution in [0.3, 0.4) is 0 Å². The summed E-state index contributed by atoms with van der Waals surface area (Å²) in [6.07, 6.45) is 0. The van der Waals surface area contributed by atoms with Gasteiger partial charge in [-0.25, -0.2) is 0 Å². The molecule has 0 aliphatic heterocycles. The van der Waals surface area contributed by atoms with Crippen LogP contribution in [-0.4, -0.2) is 36.1 Å². The molecule has 0 fully saturated rings. The first-order valence-corrected chi connectivity index (χ1v) is 11.1. The fourth-order valence-corrected chi connectivity index (χ4v) is 3.08. The van der Waals surface area contributed by atoms with Crippen LogP contribution in [0.4, 0.5) is 0 Å². The lowest BCUT2D eigenvalue weighted by atomic mass is 10.2. The van der Waals surface area contributed by atoms with Crippen LogP contribution in [-0.2, 0) is 9.47 Å². The summed E-state index contributed by atoms with van der Waals surface area (Å²) in [7, 11) is 1.16. The molecule has 0 amide bonds. The third-order valence-corrected chi connectivity index (χ3v) is 8.95. The van der Waals surface area contributed by atoms with Crippen molar-refractivity contribution in [3.63, 3.8) is 0 Å². The second-order valence-electron chi connectivity index (χ2n) is 6.70. The van der Waals surface area contributed by atoms with E-state index in [1.165, 1.54) is 0 Å². The van der Waals surface area contributed by atoms with Gasteiger partial charge >= 0.3 is 0 Å². The van der Waals surface area contributed by atoms with Gasteiger partial charge in [0.2, 0.25) is 0 Å². The van der Waals surface area contributed by atoms with Gasteiger partial charge < -0.3 is 23.4 Å². The molecule has 0 aromatic heterocycles. The number of ether oxygens (including phenoxy) is 4. The van der Waals surface area contributed by atoms with Gasteiger partial charge in [0, 0.05) is 26.4 Å². The molecule has 7 heteroatoms. The molecule has 0 aliphatic rings. The van der Waals surface area contributed by atoms with Crippen molar-refractivity contribution in [2.24, 2.45) is 0 Å². The summed E-state index contributed by atoms with van der Waals surface area (Å²) in [6, 6.07) is 3.63. The van der Waals surface area contributed by atoms with E-state index in [4.69, 9.17) is 23.4 Å². The lowest BCUT2D eigenvalue weighted by Crippen LogP contribution is -2.43. The second kappa shape index (κ2) is 8.37. The smallest absolute Gasteiger partial charge is 0.250 e. The van der Waals surface area contributed by atoms with E-state index in [0.29, 0.717) is 17.2 Å². The minimum absolute atomic E-state index is 0.0867. The number of methoxy groups -OCH3 is 2. The van der Waals surface area contributed by atoms with Crippen LogP contribution in [0.2, 0.25) is 18.1 Å². The number of benzene rings is 1. The summed E-state index contributed by atoms with van der Waals surface area (Å²) in [4.78, 5) is 0. The first-order valence-electron chi connectivity index (χ1n) is 7.38. The fraction of sp³-hybridized carbons (Fsp3) is 0.625. The van der Waals surface area contributed by atoms with E-state index in [-0.39, 0.29) is 18.6 Å². The molecule has 0 atom stereocenters. The van der Waals surface area contributed by atoms with E-state index in [0.717, 1.165) is 4.47 Å². The van der Waals surface area contributed by atoms with Crippen molar-refractivity contribution in [1.82, 2.24) is 0 Å². The van der Waals surface area contributed by atoms with E-state index in [2.05, 4.69) is 49.8 Å². The molecule has 1 aromatic carbocycles. The predicted octanol–water partition coefficient (Wildman–Crippen LogP) is 4.80. The van der Waals surface area contributed by atoms with Gasteiger partial charge in [0.15, 0.2) is 13.6 Å². The standard InChI is InChI=1S/C16H27BrO5Si/c1-16(2,3)23(6,7)22-14-9-12(20-10-18-4)8-13(15(14)17)21-11-19-5/h8-9H,10-11H2,1-7H3. The Balaban J connectivity index is 3.17. The minimum Gasteiger partial charge on any atom is -0.543 e. The zero-order valence-electron chi connectivity index (χ0n) is 15.0. The van der Waals surface area contributed by atoms with Gasteiger partial charge in [-0.1, -0.05) is 20.8 Å². The van der Waals surface area contributed by atoms with Gasteiger partial charge in [-0.15, -0.1) is 0 Å². The van der Waals surface area contributed by atoms with E-state index < -0.39 is 8.32 Å². The first kappa shape index (κ1) is 20.3. The molecule has 0 unspecified atom stereocenters. The zero-order valence-corrected chi connectivity index (χ0v) is 17.6. The summed E-state index contributed by atoms with van der Waals surface area (Å²) < 4.78 is 28.2. The van der Waals surface area contributed by atoms with Gasteiger partial charge in [-0.2, -0.15) is 0 Å². The Kier molecular flexibility index (Phi) is 7.38. The van der Waals surface area contributed by atoms with E-state index in [9.17, 15) is 0 Å². The second-order valence-corrected chi connectivity index (χ2v) is 12.2. The third-order valence-electron chi connectivity index (χ3n) is 3.83. The van der Waals surface area contributed by atoms with Crippen molar-refractivity contribution < 1.29 is 23.4 Å². The minimum atomic E-state index is -1.99. The molecule has 0 heterocycles. The molecule has 1 rings (SSSR count). The zero-order chi connectivity index (χ0) is 17.7. The summed E-state index contributed by atoms with van der Waals surface area (Å²) >= 11 is 3.56. The summed E-state index contributed by atoms with van der Waals surface area (Å²) in [6.45, 7) is 11.3. The number of hydrogen-bond acceptors (Lipinski definition) is 5. The highest BCUT2D eigenvalue weighted by molar-refractivity contribution is 9.10. The topological polar surface area (TPSA) is 46.2 Å². The summed E-state index contributed by atoms with van der Waals surface area (Å²) in [5.74, 6) is 1.93. The molecule has 0 radical (unpaired) electrons. The molecule has 0 saturated heterocycles. The van der Waals surface area contributed by atoms with E-state index >= 15 is 0 Å². The lowest BCUT2D eigenvalue weighted by Gasteiger charge is -2.37. The molecule has 0 bridgehead atoms. The Morgan fingerprint density at radius 2 is 1.48 bits per heavy atom. The van der Waals surface area contributed by atoms with Crippen LogP contribution in [0.15, 0.2) is 16.6 Å².